The van der Waals surface area contributed by atoms with Gasteiger partial charge in [-0.3, -0.25) is 13.9 Å². The molecule has 1 aromatic rings. The van der Waals surface area contributed by atoms with Gasteiger partial charge in [0, 0.05) is 39.2 Å². The van der Waals surface area contributed by atoms with Crippen LogP contribution in [0.3, 0.4) is 0 Å². The first kappa shape index (κ1) is 14.5. The molecule has 6 nitrogen and oxygen atoms in total. The zero-order valence-corrected chi connectivity index (χ0v) is 11.0. The molecular weight excluding hydrogens is 234 g/mol. The Bertz CT molecular complexity index is 422. The molecule has 6 heteroatoms. The average Bonchev–Trinajstić information content (AvgIpc) is 2.68. The zero-order valence-electron chi connectivity index (χ0n) is 11.0. The Morgan fingerprint density at radius 3 is 2.78 bits per heavy atom. The van der Waals surface area contributed by atoms with Gasteiger partial charge in [0.15, 0.2) is 0 Å². The fourth-order valence-corrected chi connectivity index (χ4v) is 1.64. The van der Waals surface area contributed by atoms with Crippen LogP contribution in [-0.2, 0) is 22.6 Å². The molecule has 1 N–H and O–H groups in total. The first-order valence-electron chi connectivity index (χ1n) is 6.20. The molecule has 1 rings (SSSR count). The van der Waals surface area contributed by atoms with Crippen molar-refractivity contribution >= 4 is 5.91 Å². The van der Waals surface area contributed by atoms with E-state index >= 15 is 0 Å². The predicted octanol–water partition coefficient (Wildman–Crippen LogP) is 0.213. The van der Waals surface area contributed by atoms with Gasteiger partial charge in [0.2, 0.25) is 5.91 Å². The van der Waals surface area contributed by atoms with Crippen molar-refractivity contribution in [1.29, 1.82) is 0 Å². The molecule has 1 aromatic heterocycles. The lowest BCUT2D eigenvalue weighted by Crippen LogP contribution is -2.33. The van der Waals surface area contributed by atoms with Crippen LogP contribution in [0, 0.1) is 0 Å². The quantitative estimate of drug-likeness (QED) is 0.675. The summed E-state index contributed by atoms with van der Waals surface area (Å²) < 4.78 is 7.91. The minimum Gasteiger partial charge on any atom is -0.385 e. The molecule has 1 heterocycles. The maximum Gasteiger partial charge on any atom is 0.328 e. The van der Waals surface area contributed by atoms with E-state index < -0.39 is 0 Å². The Kier molecular flexibility index (Phi) is 6.21. The number of ether oxygens (including phenoxy) is 1. The minimum atomic E-state index is -0.151. The van der Waals surface area contributed by atoms with Crippen LogP contribution in [0.5, 0.6) is 0 Å². The number of nitrogens with one attached hydrogen (secondary N) is 1. The number of methoxy groups -OCH3 is 1. The van der Waals surface area contributed by atoms with Gasteiger partial charge >= 0.3 is 5.69 Å². The maximum atomic E-state index is 11.8. The van der Waals surface area contributed by atoms with E-state index in [-0.39, 0.29) is 18.1 Å². The Hall–Kier alpha value is -1.56. The van der Waals surface area contributed by atoms with E-state index in [2.05, 4.69) is 5.32 Å². The summed E-state index contributed by atoms with van der Waals surface area (Å²) in [6.07, 6.45) is 5.03. The zero-order chi connectivity index (χ0) is 13.4. The monoisotopic (exact) mass is 255 g/mol. The number of hydrogen-bond acceptors (Lipinski definition) is 3. The standard InChI is InChI=1S/C12H21N3O3/c1-3-6-14-7-8-15(12(14)17)10-11(16)13-5-4-9-18-2/h7-8H,3-6,9-10H2,1-2H3,(H,13,16). The Morgan fingerprint density at radius 1 is 1.39 bits per heavy atom. The van der Waals surface area contributed by atoms with Crippen LogP contribution in [0.15, 0.2) is 17.2 Å². The molecule has 0 aliphatic heterocycles. The van der Waals surface area contributed by atoms with Gasteiger partial charge in [0.25, 0.3) is 0 Å². The van der Waals surface area contributed by atoms with Crippen LogP contribution in [-0.4, -0.2) is 35.3 Å². The topological polar surface area (TPSA) is 65.3 Å². The van der Waals surface area contributed by atoms with Crippen LogP contribution in [0.4, 0.5) is 0 Å². The number of carbonyl (C=O) groups is 1. The highest BCUT2D eigenvalue weighted by Crippen LogP contribution is 1.89. The fourth-order valence-electron chi connectivity index (χ4n) is 1.64. The molecule has 0 saturated heterocycles. The highest BCUT2D eigenvalue weighted by molar-refractivity contribution is 5.75. The molecule has 18 heavy (non-hydrogen) atoms. The lowest BCUT2D eigenvalue weighted by molar-refractivity contribution is -0.121. The van der Waals surface area contributed by atoms with Gasteiger partial charge in [0.05, 0.1) is 0 Å². The lowest BCUT2D eigenvalue weighted by Gasteiger charge is -2.05. The first-order chi connectivity index (χ1) is 8.69. The van der Waals surface area contributed by atoms with Crippen LogP contribution >= 0.6 is 0 Å². The molecule has 0 aliphatic rings. The van der Waals surface area contributed by atoms with Gasteiger partial charge in [-0.05, 0) is 12.8 Å². The van der Waals surface area contributed by atoms with Crippen LogP contribution < -0.4 is 11.0 Å². The molecule has 0 aliphatic carbocycles. The summed E-state index contributed by atoms with van der Waals surface area (Å²) in [5, 5.41) is 2.75. The second-order valence-electron chi connectivity index (χ2n) is 4.10. The molecule has 0 spiro atoms. The van der Waals surface area contributed by atoms with Crippen molar-refractivity contribution in [2.45, 2.75) is 32.9 Å². The molecular formula is C12H21N3O3. The SMILES string of the molecule is CCCn1ccn(CC(=O)NCCCOC)c1=O. The predicted molar refractivity (Wildman–Crippen MR) is 68.5 cm³/mol. The molecule has 1 amide bonds. The van der Waals surface area contributed by atoms with Crippen molar-refractivity contribution in [2.75, 3.05) is 20.3 Å². The molecule has 0 radical (unpaired) electrons. The Balaban J connectivity index is 2.42. The van der Waals surface area contributed by atoms with Crippen molar-refractivity contribution in [3.63, 3.8) is 0 Å². The van der Waals surface area contributed by atoms with Gasteiger partial charge in [-0.1, -0.05) is 6.92 Å². The molecule has 0 saturated carbocycles. The molecule has 0 bridgehead atoms. The number of aromatic nitrogens is 2. The first-order valence-corrected chi connectivity index (χ1v) is 6.20. The highest BCUT2D eigenvalue weighted by atomic mass is 16.5. The third kappa shape index (κ3) is 4.37. The minimum absolute atomic E-state index is 0.0720. The van der Waals surface area contributed by atoms with Crippen molar-refractivity contribution in [3.8, 4) is 0 Å². The molecule has 0 unspecified atom stereocenters. The van der Waals surface area contributed by atoms with Gasteiger partial charge in [-0.25, -0.2) is 4.79 Å². The fraction of sp³-hybridized carbons (Fsp3) is 0.667. The van der Waals surface area contributed by atoms with Gasteiger partial charge in [-0.2, -0.15) is 0 Å². The molecule has 0 aromatic carbocycles. The second kappa shape index (κ2) is 7.71. The smallest absolute Gasteiger partial charge is 0.328 e. The highest BCUT2D eigenvalue weighted by Gasteiger charge is 2.06. The summed E-state index contributed by atoms with van der Waals surface area (Å²) in [5.41, 5.74) is -0.135. The largest absolute Gasteiger partial charge is 0.385 e. The number of rotatable bonds is 8. The average molecular weight is 255 g/mol. The number of nitrogens with zero attached hydrogens (tertiary/aromatic N) is 2. The van der Waals surface area contributed by atoms with Crippen LogP contribution in [0.25, 0.3) is 0 Å². The maximum absolute atomic E-state index is 11.8. The third-order valence-corrected chi connectivity index (χ3v) is 2.54. The van der Waals surface area contributed by atoms with Crippen molar-refractivity contribution < 1.29 is 9.53 Å². The summed E-state index contributed by atoms with van der Waals surface area (Å²) in [7, 11) is 1.62. The van der Waals surface area contributed by atoms with E-state index in [0.717, 1.165) is 12.8 Å². The Morgan fingerprint density at radius 2 is 2.11 bits per heavy atom. The summed E-state index contributed by atoms with van der Waals surface area (Å²) in [6.45, 7) is 3.94. The number of aryl methyl sites for hydroxylation is 1. The Labute approximate surface area is 107 Å². The van der Waals surface area contributed by atoms with Gasteiger partial charge in [-0.15, -0.1) is 0 Å². The summed E-state index contributed by atoms with van der Waals surface area (Å²) >= 11 is 0. The van der Waals surface area contributed by atoms with Crippen LogP contribution in [0.2, 0.25) is 0 Å². The summed E-state index contributed by atoms with van der Waals surface area (Å²) in [4.78, 5) is 23.4. The van der Waals surface area contributed by atoms with E-state index in [1.807, 2.05) is 6.92 Å². The number of amides is 1. The molecule has 0 atom stereocenters. The van der Waals surface area contributed by atoms with E-state index in [4.69, 9.17) is 4.74 Å². The van der Waals surface area contributed by atoms with Gasteiger partial charge in [0.1, 0.15) is 6.54 Å². The van der Waals surface area contributed by atoms with E-state index in [9.17, 15) is 9.59 Å². The van der Waals surface area contributed by atoms with Crippen molar-refractivity contribution in [3.05, 3.63) is 22.9 Å². The van der Waals surface area contributed by atoms with Crippen molar-refractivity contribution in [1.82, 2.24) is 14.5 Å². The normalized spacial score (nSPS) is 10.6. The number of hydrogen-bond donors (Lipinski definition) is 1. The molecule has 0 fully saturated rings. The number of imidazole rings is 1. The van der Waals surface area contributed by atoms with E-state index in [0.29, 0.717) is 19.7 Å². The van der Waals surface area contributed by atoms with E-state index in [1.165, 1.54) is 4.57 Å². The summed E-state index contributed by atoms with van der Waals surface area (Å²) in [6, 6.07) is 0. The van der Waals surface area contributed by atoms with E-state index in [1.54, 1.807) is 24.1 Å². The summed E-state index contributed by atoms with van der Waals surface area (Å²) in [5.74, 6) is -0.151. The van der Waals surface area contributed by atoms with Crippen molar-refractivity contribution in [2.24, 2.45) is 0 Å². The second-order valence-corrected chi connectivity index (χ2v) is 4.10. The lowest BCUT2D eigenvalue weighted by atomic mass is 10.4. The van der Waals surface area contributed by atoms with Gasteiger partial charge < -0.3 is 10.1 Å². The van der Waals surface area contributed by atoms with Crippen LogP contribution in [0.1, 0.15) is 19.8 Å². The third-order valence-electron chi connectivity index (χ3n) is 2.54. The molecule has 102 valence electrons. The number of carbonyl (C=O) groups excluding carboxylic acids is 1.